The molecule has 0 fully saturated rings. The highest BCUT2D eigenvalue weighted by molar-refractivity contribution is 7.90. The van der Waals surface area contributed by atoms with Gasteiger partial charge in [-0.15, -0.1) is 5.54 Å². The number of rotatable bonds is 6. The average Bonchev–Trinajstić information content (AvgIpc) is 2.59. The van der Waals surface area contributed by atoms with Crippen LogP contribution in [0, 0.1) is 11.5 Å². The molecule has 2 aromatic heterocycles. The Bertz CT molecular complexity index is 1060. The molecule has 0 aromatic carbocycles. The number of ether oxygens (including phenoxy) is 1. The van der Waals surface area contributed by atoms with Gasteiger partial charge in [0.1, 0.15) is 8.07 Å². The molecule has 2 aromatic rings. The van der Waals surface area contributed by atoms with Gasteiger partial charge in [0, 0.05) is 24.1 Å². The highest BCUT2D eigenvalue weighted by atomic mass is 32.2. The molecule has 164 valence electrons. The highest BCUT2D eigenvalue weighted by Crippen LogP contribution is 2.41. The first-order valence-corrected chi connectivity index (χ1v) is 14.5. The van der Waals surface area contributed by atoms with Crippen molar-refractivity contribution < 1.29 is 13.2 Å². The number of fused-ring (bicyclic) bond motifs is 1. The second-order valence-corrected chi connectivity index (χ2v) is 16.5. The molecule has 0 saturated heterocycles. The number of nitrogens with zero attached hydrogens (tertiary/aromatic N) is 3. The Kier molecular flexibility index (Phi) is 7.31. The lowest BCUT2D eigenvalue weighted by molar-refractivity contribution is 0.233. The van der Waals surface area contributed by atoms with Gasteiger partial charge in [-0.1, -0.05) is 47.5 Å². The lowest BCUT2D eigenvalue weighted by atomic mass is 10.2. The van der Waals surface area contributed by atoms with Crippen molar-refractivity contribution in [2.45, 2.75) is 83.3 Å². The predicted octanol–water partition coefficient (Wildman–Crippen LogP) is 4.79. The van der Waals surface area contributed by atoms with Gasteiger partial charge >= 0.3 is 0 Å². The molecule has 0 spiro atoms. The molecule has 30 heavy (non-hydrogen) atoms. The number of hydrogen-bond acceptors (Lipinski definition) is 6. The van der Waals surface area contributed by atoms with E-state index in [9.17, 15) is 8.42 Å². The van der Waals surface area contributed by atoms with Gasteiger partial charge in [-0.25, -0.2) is 13.4 Å². The summed E-state index contributed by atoms with van der Waals surface area (Å²) in [5.41, 5.74) is 6.18. The Morgan fingerprint density at radius 3 is 2.00 bits per heavy atom. The highest BCUT2D eigenvalue weighted by Gasteiger charge is 2.41. The van der Waals surface area contributed by atoms with Gasteiger partial charge in [-0.2, -0.15) is 9.97 Å². The van der Waals surface area contributed by atoms with E-state index in [2.05, 4.69) is 68.0 Å². The molecule has 0 aliphatic rings. The number of hydrogen-bond donors (Lipinski definition) is 0. The molecule has 0 amide bonds. The monoisotopic (exact) mass is 447 g/mol. The maximum Gasteiger partial charge on any atom is 0.248 e. The Balaban J connectivity index is 2.78. The third kappa shape index (κ3) is 5.01. The molecule has 0 N–H and O–H groups in total. The second kappa shape index (κ2) is 9.02. The van der Waals surface area contributed by atoms with E-state index in [1.54, 1.807) is 6.07 Å². The maximum atomic E-state index is 11.9. The summed E-state index contributed by atoms with van der Waals surface area (Å²) in [4.78, 5) is 12.6. The van der Waals surface area contributed by atoms with Gasteiger partial charge in [0.15, 0.2) is 5.65 Å². The maximum absolute atomic E-state index is 11.9. The summed E-state index contributed by atoms with van der Waals surface area (Å²) in [5.74, 6) is 3.79. The minimum atomic E-state index is -3.54. The third-order valence-electron chi connectivity index (χ3n) is 5.49. The van der Waals surface area contributed by atoms with Crippen LogP contribution in [0.4, 0.5) is 0 Å². The third-order valence-corrected chi connectivity index (χ3v) is 12.6. The first-order valence-electron chi connectivity index (χ1n) is 10.4. The van der Waals surface area contributed by atoms with Gasteiger partial charge in [0.05, 0.1) is 11.5 Å². The molecular weight excluding hydrogens is 414 g/mol. The lowest BCUT2D eigenvalue weighted by Crippen LogP contribution is -2.43. The van der Waals surface area contributed by atoms with Crippen LogP contribution in [-0.4, -0.2) is 43.8 Å². The van der Waals surface area contributed by atoms with Gasteiger partial charge in [0.25, 0.3) is 0 Å². The molecule has 8 heteroatoms. The normalized spacial score (nSPS) is 12.7. The second-order valence-electron chi connectivity index (χ2n) is 8.98. The average molecular weight is 448 g/mol. The van der Waals surface area contributed by atoms with Gasteiger partial charge in [-0.3, -0.25) is 0 Å². The Morgan fingerprint density at radius 2 is 1.53 bits per heavy atom. The van der Waals surface area contributed by atoms with Crippen LogP contribution in [0.25, 0.3) is 11.0 Å². The van der Waals surface area contributed by atoms with Crippen LogP contribution >= 0.6 is 0 Å². The van der Waals surface area contributed by atoms with Crippen molar-refractivity contribution in [2.24, 2.45) is 0 Å². The Hall–Kier alpha value is -1.98. The van der Waals surface area contributed by atoms with Crippen LogP contribution < -0.4 is 4.74 Å². The molecule has 2 rings (SSSR count). The first kappa shape index (κ1) is 24.3. The van der Waals surface area contributed by atoms with Crippen molar-refractivity contribution in [3.63, 3.8) is 0 Å². The summed E-state index contributed by atoms with van der Waals surface area (Å²) in [6.45, 7) is 17.4. The number of sulfone groups is 1. The fraction of sp³-hybridized carbons (Fsp3) is 0.591. The molecule has 0 saturated carbocycles. The summed E-state index contributed by atoms with van der Waals surface area (Å²) in [7, 11) is -5.49. The topological polar surface area (TPSA) is 82.0 Å². The van der Waals surface area contributed by atoms with E-state index in [0.717, 1.165) is 11.8 Å². The zero-order chi connectivity index (χ0) is 22.9. The molecule has 6 nitrogen and oxygen atoms in total. The fourth-order valence-corrected chi connectivity index (χ4v) is 9.88. The molecule has 0 aliphatic carbocycles. The van der Waals surface area contributed by atoms with Crippen molar-refractivity contribution in [3.8, 4) is 17.3 Å². The summed E-state index contributed by atoms with van der Waals surface area (Å²) < 4.78 is 29.6. The van der Waals surface area contributed by atoms with E-state index in [1.165, 1.54) is 6.20 Å². The molecule has 0 bridgehead atoms. The van der Waals surface area contributed by atoms with Gasteiger partial charge in [0.2, 0.25) is 20.9 Å². The van der Waals surface area contributed by atoms with E-state index in [1.807, 2.05) is 13.8 Å². The summed E-state index contributed by atoms with van der Waals surface area (Å²) in [6, 6.07) is 1.80. The van der Waals surface area contributed by atoms with Crippen LogP contribution in [0.2, 0.25) is 16.6 Å². The predicted molar refractivity (Wildman–Crippen MR) is 124 cm³/mol. The van der Waals surface area contributed by atoms with E-state index >= 15 is 0 Å². The molecule has 0 radical (unpaired) electrons. The summed E-state index contributed by atoms with van der Waals surface area (Å²) in [5, 5.41) is 0.378. The fourth-order valence-electron chi connectivity index (χ4n) is 4.16. The minimum Gasteiger partial charge on any atom is -0.475 e. The molecule has 0 atom stereocenters. The van der Waals surface area contributed by atoms with E-state index < -0.39 is 17.9 Å². The summed E-state index contributed by atoms with van der Waals surface area (Å²) in [6.07, 6.45) is 2.50. The Morgan fingerprint density at radius 1 is 0.967 bits per heavy atom. The van der Waals surface area contributed by atoms with Crippen LogP contribution in [-0.2, 0) is 9.84 Å². The van der Waals surface area contributed by atoms with Crippen molar-refractivity contribution >= 4 is 28.9 Å². The Labute approximate surface area is 181 Å². The van der Waals surface area contributed by atoms with E-state index in [0.29, 0.717) is 27.9 Å². The lowest BCUT2D eigenvalue weighted by Gasteiger charge is -2.38. The van der Waals surface area contributed by atoms with Crippen molar-refractivity contribution in [1.29, 1.82) is 0 Å². The molecule has 0 aliphatic heterocycles. The van der Waals surface area contributed by atoms with Crippen molar-refractivity contribution in [1.82, 2.24) is 15.0 Å². The van der Waals surface area contributed by atoms with Crippen molar-refractivity contribution in [3.05, 3.63) is 17.8 Å². The zero-order valence-electron chi connectivity index (χ0n) is 19.4. The number of aromatic nitrogens is 3. The minimum absolute atomic E-state index is 0.0811. The van der Waals surface area contributed by atoms with Crippen LogP contribution in [0.15, 0.2) is 17.4 Å². The van der Waals surface area contributed by atoms with E-state index in [-0.39, 0.29) is 16.9 Å². The first-order chi connectivity index (χ1) is 13.8. The van der Waals surface area contributed by atoms with Crippen LogP contribution in [0.3, 0.4) is 0 Å². The molecule has 0 unspecified atom stereocenters. The van der Waals surface area contributed by atoms with Gasteiger partial charge in [-0.05, 0) is 30.5 Å². The number of pyridine rings is 1. The standard InChI is InChI=1S/C22H33N3O3SSi/c1-14(2)28-20-12-18(10-11-30(15(3)4,16(5)6)17(7)8)19-13-23-22(29(9,26)27)25-21(19)24-20/h12-17H,1-9H3. The van der Waals surface area contributed by atoms with Crippen molar-refractivity contribution in [2.75, 3.05) is 6.26 Å². The van der Waals surface area contributed by atoms with Crippen LogP contribution in [0.5, 0.6) is 5.88 Å². The SMILES string of the molecule is CC(C)Oc1cc(C#C[Si](C(C)C)(C(C)C)C(C)C)c2cnc(S(C)(=O)=O)nc2n1. The zero-order valence-corrected chi connectivity index (χ0v) is 21.3. The van der Waals surface area contributed by atoms with Crippen LogP contribution in [0.1, 0.15) is 61.0 Å². The molecule has 2 heterocycles. The molecular formula is C22H33N3O3SSi. The largest absolute Gasteiger partial charge is 0.475 e. The summed E-state index contributed by atoms with van der Waals surface area (Å²) >= 11 is 0. The van der Waals surface area contributed by atoms with Gasteiger partial charge < -0.3 is 4.74 Å². The smallest absolute Gasteiger partial charge is 0.248 e. The quantitative estimate of drug-likeness (QED) is 0.360. The van der Waals surface area contributed by atoms with E-state index in [4.69, 9.17) is 4.74 Å².